The van der Waals surface area contributed by atoms with E-state index in [9.17, 15) is 0 Å². The van der Waals surface area contributed by atoms with Crippen molar-refractivity contribution in [3.05, 3.63) is 29.3 Å². The zero-order valence-corrected chi connectivity index (χ0v) is 9.83. The predicted molar refractivity (Wildman–Crippen MR) is 64.8 cm³/mol. The number of fused-ring (bicyclic) bond motifs is 1. The molecule has 0 amide bonds. The molecule has 2 heterocycles. The average Bonchev–Trinajstić information content (AvgIpc) is 2.75. The van der Waals surface area contributed by atoms with Gasteiger partial charge < -0.3 is 10.1 Å². The van der Waals surface area contributed by atoms with Crippen LogP contribution in [-0.4, -0.2) is 13.2 Å². The Kier molecular flexibility index (Phi) is 2.60. The zero-order chi connectivity index (χ0) is 11.0. The van der Waals surface area contributed by atoms with E-state index < -0.39 is 0 Å². The molecule has 0 aliphatic carbocycles. The SMILES string of the molecule is CC1CCNC(c2ccc3c(c2)CCO3)C1. The van der Waals surface area contributed by atoms with Gasteiger partial charge in [0.05, 0.1) is 6.61 Å². The predicted octanol–water partition coefficient (Wildman–Crippen LogP) is 2.68. The molecule has 16 heavy (non-hydrogen) atoms. The number of ether oxygens (including phenoxy) is 1. The number of hydrogen-bond donors (Lipinski definition) is 1. The van der Waals surface area contributed by atoms with Crippen LogP contribution in [0.25, 0.3) is 0 Å². The van der Waals surface area contributed by atoms with E-state index in [4.69, 9.17) is 4.74 Å². The molecule has 0 radical (unpaired) electrons. The third-order valence-corrected chi connectivity index (χ3v) is 3.78. The van der Waals surface area contributed by atoms with Gasteiger partial charge in [0.2, 0.25) is 0 Å². The third kappa shape index (κ3) is 1.82. The lowest BCUT2D eigenvalue weighted by atomic mass is 9.89. The summed E-state index contributed by atoms with van der Waals surface area (Å²) in [4.78, 5) is 0. The van der Waals surface area contributed by atoms with Crippen LogP contribution >= 0.6 is 0 Å². The summed E-state index contributed by atoms with van der Waals surface area (Å²) < 4.78 is 5.54. The number of hydrogen-bond acceptors (Lipinski definition) is 2. The van der Waals surface area contributed by atoms with E-state index in [0.29, 0.717) is 6.04 Å². The minimum Gasteiger partial charge on any atom is -0.493 e. The quantitative estimate of drug-likeness (QED) is 0.781. The molecule has 2 aliphatic rings. The van der Waals surface area contributed by atoms with E-state index in [1.165, 1.54) is 24.0 Å². The summed E-state index contributed by atoms with van der Waals surface area (Å²) in [5.41, 5.74) is 2.83. The third-order valence-electron chi connectivity index (χ3n) is 3.78. The van der Waals surface area contributed by atoms with Crippen LogP contribution in [-0.2, 0) is 6.42 Å². The van der Waals surface area contributed by atoms with E-state index in [2.05, 4.69) is 30.4 Å². The highest BCUT2D eigenvalue weighted by molar-refractivity contribution is 5.40. The molecule has 2 nitrogen and oxygen atoms in total. The summed E-state index contributed by atoms with van der Waals surface area (Å²) in [5.74, 6) is 1.93. The normalized spacial score (nSPS) is 28.6. The smallest absolute Gasteiger partial charge is 0.122 e. The first-order valence-corrected chi connectivity index (χ1v) is 6.32. The van der Waals surface area contributed by atoms with Gasteiger partial charge in [0.25, 0.3) is 0 Å². The molecule has 2 aliphatic heterocycles. The van der Waals surface area contributed by atoms with Crippen molar-refractivity contribution in [1.82, 2.24) is 5.32 Å². The van der Waals surface area contributed by atoms with Crippen molar-refractivity contribution >= 4 is 0 Å². The molecule has 0 spiro atoms. The summed E-state index contributed by atoms with van der Waals surface area (Å²) in [6.07, 6.45) is 3.65. The maximum Gasteiger partial charge on any atom is 0.122 e. The van der Waals surface area contributed by atoms with Crippen molar-refractivity contribution in [2.75, 3.05) is 13.2 Å². The number of nitrogens with one attached hydrogen (secondary N) is 1. The lowest BCUT2D eigenvalue weighted by Gasteiger charge is -2.28. The Morgan fingerprint density at radius 2 is 2.31 bits per heavy atom. The Labute approximate surface area is 97.0 Å². The number of benzene rings is 1. The number of piperidine rings is 1. The van der Waals surface area contributed by atoms with Gasteiger partial charge in [0.15, 0.2) is 0 Å². The molecule has 1 N–H and O–H groups in total. The van der Waals surface area contributed by atoms with Crippen LogP contribution < -0.4 is 10.1 Å². The van der Waals surface area contributed by atoms with Crippen molar-refractivity contribution in [2.45, 2.75) is 32.2 Å². The molecule has 0 bridgehead atoms. The topological polar surface area (TPSA) is 21.3 Å². The molecule has 2 heteroatoms. The Morgan fingerprint density at radius 1 is 1.38 bits per heavy atom. The Balaban J connectivity index is 1.83. The van der Waals surface area contributed by atoms with Crippen LogP contribution in [0.15, 0.2) is 18.2 Å². The highest BCUT2D eigenvalue weighted by Gasteiger charge is 2.21. The number of rotatable bonds is 1. The monoisotopic (exact) mass is 217 g/mol. The molecule has 1 aromatic rings. The van der Waals surface area contributed by atoms with Gasteiger partial charge in [0, 0.05) is 12.5 Å². The maximum atomic E-state index is 5.54. The molecule has 1 saturated heterocycles. The van der Waals surface area contributed by atoms with E-state index in [1.54, 1.807) is 0 Å². The van der Waals surface area contributed by atoms with E-state index in [0.717, 1.165) is 31.2 Å². The molecular weight excluding hydrogens is 198 g/mol. The standard InChI is InChI=1S/C14H19NO/c1-10-4-6-15-13(8-10)11-2-3-14-12(9-11)5-7-16-14/h2-3,9-10,13,15H,4-8H2,1H3. The average molecular weight is 217 g/mol. The molecule has 0 saturated carbocycles. The summed E-state index contributed by atoms with van der Waals surface area (Å²) in [7, 11) is 0. The van der Waals surface area contributed by atoms with Crippen LogP contribution in [0, 0.1) is 5.92 Å². The summed E-state index contributed by atoms with van der Waals surface area (Å²) in [6.45, 7) is 4.36. The van der Waals surface area contributed by atoms with Crippen molar-refractivity contribution in [3.63, 3.8) is 0 Å². The molecule has 1 aromatic carbocycles. The van der Waals surface area contributed by atoms with Gasteiger partial charge in [0.1, 0.15) is 5.75 Å². The minimum absolute atomic E-state index is 0.551. The van der Waals surface area contributed by atoms with E-state index >= 15 is 0 Å². The van der Waals surface area contributed by atoms with Gasteiger partial charge in [-0.05, 0) is 42.5 Å². The van der Waals surface area contributed by atoms with Crippen LogP contribution in [0.4, 0.5) is 0 Å². The summed E-state index contributed by atoms with van der Waals surface area (Å²) in [5, 5.41) is 3.62. The van der Waals surface area contributed by atoms with Gasteiger partial charge in [-0.25, -0.2) is 0 Å². The largest absolute Gasteiger partial charge is 0.493 e. The van der Waals surface area contributed by atoms with Crippen LogP contribution in [0.2, 0.25) is 0 Å². The zero-order valence-electron chi connectivity index (χ0n) is 9.83. The van der Waals surface area contributed by atoms with Gasteiger partial charge in [-0.1, -0.05) is 19.1 Å². The van der Waals surface area contributed by atoms with E-state index in [1.807, 2.05) is 0 Å². The Bertz CT molecular complexity index is 388. The molecule has 1 fully saturated rings. The molecule has 86 valence electrons. The fourth-order valence-electron chi connectivity index (χ4n) is 2.78. The summed E-state index contributed by atoms with van der Waals surface area (Å²) >= 11 is 0. The minimum atomic E-state index is 0.551. The fourth-order valence-corrected chi connectivity index (χ4v) is 2.78. The maximum absolute atomic E-state index is 5.54. The first-order valence-electron chi connectivity index (χ1n) is 6.32. The molecule has 0 aromatic heterocycles. The van der Waals surface area contributed by atoms with Gasteiger partial charge in [-0.3, -0.25) is 0 Å². The van der Waals surface area contributed by atoms with Gasteiger partial charge in [-0.15, -0.1) is 0 Å². The van der Waals surface area contributed by atoms with Crippen molar-refractivity contribution in [3.8, 4) is 5.75 Å². The highest BCUT2D eigenvalue weighted by atomic mass is 16.5. The van der Waals surface area contributed by atoms with E-state index in [-0.39, 0.29) is 0 Å². The van der Waals surface area contributed by atoms with Gasteiger partial charge >= 0.3 is 0 Å². The van der Waals surface area contributed by atoms with Crippen molar-refractivity contribution in [2.24, 2.45) is 5.92 Å². The second-order valence-corrected chi connectivity index (χ2v) is 5.10. The highest BCUT2D eigenvalue weighted by Crippen LogP contribution is 2.32. The Morgan fingerprint density at radius 3 is 3.19 bits per heavy atom. The molecular formula is C14H19NO. The van der Waals surface area contributed by atoms with Crippen LogP contribution in [0.3, 0.4) is 0 Å². The van der Waals surface area contributed by atoms with Crippen molar-refractivity contribution in [1.29, 1.82) is 0 Å². The summed E-state index contributed by atoms with van der Waals surface area (Å²) in [6, 6.07) is 7.24. The van der Waals surface area contributed by atoms with Crippen LogP contribution in [0.5, 0.6) is 5.75 Å². The Hall–Kier alpha value is -1.02. The van der Waals surface area contributed by atoms with Gasteiger partial charge in [-0.2, -0.15) is 0 Å². The first-order chi connectivity index (χ1) is 7.83. The molecule has 3 rings (SSSR count). The lowest BCUT2D eigenvalue weighted by molar-refractivity contribution is 0.325. The second-order valence-electron chi connectivity index (χ2n) is 5.10. The lowest BCUT2D eigenvalue weighted by Crippen LogP contribution is -2.30. The first kappa shape index (κ1) is 10.2. The second kappa shape index (κ2) is 4.10. The van der Waals surface area contributed by atoms with Crippen molar-refractivity contribution < 1.29 is 4.74 Å². The van der Waals surface area contributed by atoms with Crippen LogP contribution in [0.1, 0.15) is 36.9 Å². The molecule has 2 unspecified atom stereocenters. The fraction of sp³-hybridized carbons (Fsp3) is 0.571. The molecule has 2 atom stereocenters.